The van der Waals surface area contributed by atoms with Gasteiger partial charge in [0, 0.05) is 5.56 Å². The summed E-state index contributed by atoms with van der Waals surface area (Å²) in [6.45, 7) is 0.268. The van der Waals surface area contributed by atoms with Crippen molar-refractivity contribution in [3.05, 3.63) is 64.7 Å². The second kappa shape index (κ2) is 6.91. The fourth-order valence-corrected chi connectivity index (χ4v) is 2.95. The Hall–Kier alpha value is -2.92. The molecule has 0 unspecified atom stereocenters. The van der Waals surface area contributed by atoms with Crippen LogP contribution in [0.3, 0.4) is 0 Å². The van der Waals surface area contributed by atoms with Gasteiger partial charge in [0.25, 0.3) is 0 Å². The van der Waals surface area contributed by atoms with Gasteiger partial charge in [-0.1, -0.05) is 41.7 Å². The Morgan fingerprint density at radius 3 is 2.52 bits per heavy atom. The zero-order valence-corrected chi connectivity index (χ0v) is 13.5. The average Bonchev–Trinajstić information content (AvgIpc) is 3.08. The number of hydrogen-bond acceptors (Lipinski definition) is 5. The van der Waals surface area contributed by atoms with Gasteiger partial charge in [0.05, 0.1) is 23.4 Å². The van der Waals surface area contributed by atoms with Crippen molar-refractivity contribution in [2.24, 2.45) is 0 Å². The molecule has 0 amide bonds. The maximum absolute atomic E-state index is 12.7. The van der Waals surface area contributed by atoms with Crippen molar-refractivity contribution in [3.63, 3.8) is 0 Å². The van der Waals surface area contributed by atoms with Crippen LogP contribution in [0.15, 0.2) is 48.5 Å². The summed E-state index contributed by atoms with van der Waals surface area (Å²) < 4.78 is 38.1. The quantitative estimate of drug-likeness (QED) is 0.732. The van der Waals surface area contributed by atoms with Crippen LogP contribution in [0.25, 0.3) is 10.6 Å². The first-order valence-corrected chi connectivity index (χ1v) is 8.02. The number of nitriles is 1. The topological polar surface area (TPSA) is 61.6 Å². The van der Waals surface area contributed by atoms with Crippen molar-refractivity contribution in [2.75, 3.05) is 5.32 Å². The number of benzene rings is 2. The molecule has 0 spiro atoms. The van der Waals surface area contributed by atoms with E-state index in [4.69, 9.17) is 5.26 Å². The molecule has 0 fully saturated rings. The van der Waals surface area contributed by atoms with Crippen molar-refractivity contribution in [1.82, 2.24) is 10.2 Å². The van der Waals surface area contributed by atoms with Gasteiger partial charge in [-0.3, -0.25) is 0 Å². The van der Waals surface area contributed by atoms with Crippen LogP contribution in [0.5, 0.6) is 0 Å². The van der Waals surface area contributed by atoms with Crippen LogP contribution < -0.4 is 5.32 Å². The Bertz CT molecular complexity index is 914. The molecular weight excluding hydrogens is 349 g/mol. The van der Waals surface area contributed by atoms with Crippen LogP contribution in [-0.2, 0) is 12.7 Å². The Morgan fingerprint density at radius 1 is 1.08 bits per heavy atom. The summed E-state index contributed by atoms with van der Waals surface area (Å²) in [7, 11) is 0. The van der Waals surface area contributed by atoms with Gasteiger partial charge >= 0.3 is 6.18 Å². The molecule has 0 aliphatic heterocycles. The van der Waals surface area contributed by atoms with Gasteiger partial charge in [0.2, 0.25) is 0 Å². The Labute approximate surface area is 145 Å². The first-order chi connectivity index (χ1) is 12.0. The highest BCUT2D eigenvalue weighted by molar-refractivity contribution is 7.14. The van der Waals surface area contributed by atoms with E-state index in [1.54, 1.807) is 6.07 Å². The molecule has 0 aliphatic rings. The Balaban J connectivity index is 1.74. The number of anilines is 1. The summed E-state index contributed by atoms with van der Waals surface area (Å²) in [5.41, 5.74) is 0.352. The molecule has 126 valence electrons. The molecule has 0 radical (unpaired) electrons. The Kier molecular flexibility index (Phi) is 4.67. The molecule has 3 aromatic rings. The third-order valence-electron chi connectivity index (χ3n) is 3.38. The summed E-state index contributed by atoms with van der Waals surface area (Å²) in [6.07, 6.45) is -4.48. The maximum Gasteiger partial charge on any atom is 0.416 e. The van der Waals surface area contributed by atoms with E-state index in [2.05, 4.69) is 15.5 Å². The summed E-state index contributed by atoms with van der Waals surface area (Å²) in [5.74, 6) is 0. The van der Waals surface area contributed by atoms with Gasteiger partial charge in [-0.15, -0.1) is 10.2 Å². The largest absolute Gasteiger partial charge is 0.416 e. The van der Waals surface area contributed by atoms with Crippen molar-refractivity contribution in [1.29, 1.82) is 5.26 Å². The van der Waals surface area contributed by atoms with E-state index >= 15 is 0 Å². The van der Waals surface area contributed by atoms with Crippen LogP contribution in [0.4, 0.5) is 18.9 Å². The van der Waals surface area contributed by atoms with E-state index in [1.807, 2.05) is 30.3 Å². The molecule has 0 saturated heterocycles. The van der Waals surface area contributed by atoms with Crippen LogP contribution in [0.2, 0.25) is 0 Å². The molecule has 1 heterocycles. The highest BCUT2D eigenvalue weighted by atomic mass is 32.1. The monoisotopic (exact) mass is 360 g/mol. The predicted molar refractivity (Wildman–Crippen MR) is 88.8 cm³/mol. The number of rotatable bonds is 4. The van der Waals surface area contributed by atoms with Crippen LogP contribution in [0.1, 0.15) is 16.1 Å². The summed E-state index contributed by atoms with van der Waals surface area (Å²) in [5, 5.41) is 21.6. The van der Waals surface area contributed by atoms with Gasteiger partial charge in [0.15, 0.2) is 0 Å². The molecule has 1 aromatic heterocycles. The molecule has 4 nitrogen and oxygen atoms in total. The van der Waals surface area contributed by atoms with Gasteiger partial charge in [-0.2, -0.15) is 18.4 Å². The number of halogens is 3. The third kappa shape index (κ3) is 3.95. The lowest BCUT2D eigenvalue weighted by Gasteiger charge is -2.10. The second-order valence-electron chi connectivity index (χ2n) is 5.09. The normalized spacial score (nSPS) is 11.1. The zero-order chi connectivity index (χ0) is 17.9. The minimum atomic E-state index is -4.48. The van der Waals surface area contributed by atoms with Crippen molar-refractivity contribution < 1.29 is 13.2 Å². The maximum atomic E-state index is 12.7. The number of aromatic nitrogens is 2. The summed E-state index contributed by atoms with van der Waals surface area (Å²) >= 11 is 1.38. The third-order valence-corrected chi connectivity index (χ3v) is 4.36. The van der Waals surface area contributed by atoms with E-state index in [0.717, 1.165) is 22.7 Å². The molecule has 25 heavy (non-hydrogen) atoms. The fraction of sp³-hybridized carbons (Fsp3) is 0.118. The first-order valence-electron chi connectivity index (χ1n) is 7.20. The standard InChI is InChI=1S/C17H11F3N4S/c18-17(19,20)13-6-7-14(12(8-13)9-21)22-10-15-23-24-16(25-15)11-4-2-1-3-5-11/h1-8,22H,10H2. The van der Waals surface area contributed by atoms with Gasteiger partial charge in [-0.05, 0) is 18.2 Å². The molecule has 0 atom stereocenters. The molecule has 0 saturated carbocycles. The number of nitrogens with one attached hydrogen (secondary N) is 1. The van der Waals surface area contributed by atoms with Crippen LogP contribution in [-0.4, -0.2) is 10.2 Å². The summed E-state index contributed by atoms with van der Waals surface area (Å²) in [4.78, 5) is 0. The van der Waals surface area contributed by atoms with Gasteiger partial charge < -0.3 is 5.32 Å². The molecule has 3 rings (SSSR count). The fourth-order valence-electron chi connectivity index (χ4n) is 2.16. The highest BCUT2D eigenvalue weighted by Gasteiger charge is 2.31. The number of alkyl halides is 3. The molecular formula is C17H11F3N4S. The molecule has 2 aromatic carbocycles. The predicted octanol–water partition coefficient (Wildman–Crippen LogP) is 4.71. The van der Waals surface area contributed by atoms with E-state index in [-0.39, 0.29) is 12.1 Å². The first kappa shape index (κ1) is 16.9. The van der Waals surface area contributed by atoms with Gasteiger partial charge in [-0.25, -0.2) is 0 Å². The minimum Gasteiger partial charge on any atom is -0.377 e. The van der Waals surface area contributed by atoms with Gasteiger partial charge in [0.1, 0.15) is 16.1 Å². The summed E-state index contributed by atoms with van der Waals surface area (Å²) in [6, 6.07) is 14.3. The Morgan fingerprint density at radius 2 is 1.84 bits per heavy atom. The molecule has 0 bridgehead atoms. The average molecular weight is 360 g/mol. The molecule has 0 aliphatic carbocycles. The molecule has 1 N–H and O–H groups in total. The molecule has 8 heteroatoms. The smallest absolute Gasteiger partial charge is 0.377 e. The lowest BCUT2D eigenvalue weighted by Crippen LogP contribution is -2.07. The number of hydrogen-bond donors (Lipinski definition) is 1. The van der Waals surface area contributed by atoms with E-state index in [9.17, 15) is 13.2 Å². The van der Waals surface area contributed by atoms with Crippen molar-refractivity contribution in [2.45, 2.75) is 12.7 Å². The number of nitrogens with zero attached hydrogens (tertiary/aromatic N) is 3. The minimum absolute atomic E-state index is 0.0670. The SMILES string of the molecule is N#Cc1cc(C(F)(F)F)ccc1NCc1nnc(-c2ccccc2)s1. The second-order valence-corrected chi connectivity index (χ2v) is 6.15. The lowest BCUT2D eigenvalue weighted by molar-refractivity contribution is -0.137. The van der Waals surface area contributed by atoms with E-state index in [0.29, 0.717) is 10.7 Å². The van der Waals surface area contributed by atoms with E-state index < -0.39 is 11.7 Å². The van der Waals surface area contributed by atoms with Crippen molar-refractivity contribution >= 4 is 17.0 Å². The lowest BCUT2D eigenvalue weighted by atomic mass is 10.1. The highest BCUT2D eigenvalue weighted by Crippen LogP contribution is 2.32. The van der Waals surface area contributed by atoms with Crippen LogP contribution >= 0.6 is 11.3 Å². The van der Waals surface area contributed by atoms with Crippen LogP contribution in [0, 0.1) is 11.3 Å². The van der Waals surface area contributed by atoms with Crippen molar-refractivity contribution in [3.8, 4) is 16.6 Å². The van der Waals surface area contributed by atoms with E-state index in [1.165, 1.54) is 17.4 Å². The zero-order valence-electron chi connectivity index (χ0n) is 12.7.